The van der Waals surface area contributed by atoms with Crippen LogP contribution in [0.1, 0.15) is 12.8 Å². The van der Waals surface area contributed by atoms with Crippen molar-refractivity contribution in [1.29, 1.82) is 0 Å². The number of aliphatic hydroxyl groups excluding tert-OH is 3. The molecule has 1 unspecified atom stereocenters. The van der Waals surface area contributed by atoms with Crippen molar-refractivity contribution in [2.24, 2.45) is 0 Å². The molecule has 4 N–H and O–H groups in total. The summed E-state index contributed by atoms with van der Waals surface area (Å²) in [5.41, 5.74) is -3.17. The number of carbonyl (C=O) groups excluding carboxylic acids is 4. The van der Waals surface area contributed by atoms with Gasteiger partial charge in [-0.1, -0.05) is 0 Å². The van der Waals surface area contributed by atoms with E-state index in [4.69, 9.17) is 5.11 Å². The molecule has 25 heavy (non-hydrogen) atoms. The first-order valence-corrected chi connectivity index (χ1v) is 6.29. The molecule has 13 heteroatoms. The third kappa shape index (κ3) is 5.80. The molecule has 0 aromatic heterocycles. The zero-order valence-electron chi connectivity index (χ0n) is 12.5. The Morgan fingerprint density at radius 3 is 2.28 bits per heavy atom. The van der Waals surface area contributed by atoms with Crippen molar-refractivity contribution in [2.75, 3.05) is 6.61 Å². The monoisotopic (exact) mass is 388 g/mol. The summed E-state index contributed by atoms with van der Waals surface area (Å²) < 4.78 is 8.90. The molecule has 0 aromatic rings. The number of carbonyl (C=O) groups is 4. The molecule has 1 heterocycles. The Kier molecular flexibility index (Phi) is 8.77. The van der Waals surface area contributed by atoms with Gasteiger partial charge in [-0.2, -0.15) is 0 Å². The molecule has 0 saturated heterocycles. The predicted octanol–water partition coefficient (Wildman–Crippen LogP) is -5.79. The average molecular weight is 388 g/mol. The average Bonchev–Trinajstić information content (AvgIpc) is 2.73. The number of aliphatic carboxylic acids is 2. The number of carboxylic acids is 2. The van der Waals surface area contributed by atoms with Gasteiger partial charge in [-0.05, 0) is 0 Å². The first-order valence-electron chi connectivity index (χ1n) is 6.29. The number of ether oxygens (including phenoxy) is 2. The number of rotatable bonds is 8. The van der Waals surface area contributed by atoms with Gasteiger partial charge in [0.05, 0.1) is 19.0 Å². The molecule has 0 amide bonds. The van der Waals surface area contributed by atoms with Gasteiger partial charge in [-0.15, -0.1) is 0 Å². The van der Waals surface area contributed by atoms with Gasteiger partial charge in [0.2, 0.25) is 11.5 Å². The second kappa shape index (κ2) is 9.31. The van der Waals surface area contributed by atoms with E-state index < -0.39 is 72.7 Å². The van der Waals surface area contributed by atoms with Crippen LogP contribution < -0.4 is 10.2 Å². The van der Waals surface area contributed by atoms with Gasteiger partial charge < -0.3 is 49.7 Å². The molecule has 0 aliphatic carbocycles. The zero-order chi connectivity index (χ0) is 18.7. The summed E-state index contributed by atoms with van der Waals surface area (Å²) in [5.74, 6) is -9.42. The Morgan fingerprint density at radius 2 is 1.84 bits per heavy atom. The van der Waals surface area contributed by atoms with Gasteiger partial charge in [-0.25, -0.2) is 4.79 Å². The second-order valence-corrected chi connectivity index (χ2v) is 4.81. The SMILES string of the molecule is O=C([O-])CC(O)(CC(=O)OC1=C(O)C(=O)O[C@@H]1[C@@H](O)CO)C(=O)[O-].[Ca+2]. The van der Waals surface area contributed by atoms with Crippen molar-refractivity contribution in [3.05, 3.63) is 11.5 Å². The van der Waals surface area contributed by atoms with Crippen molar-refractivity contribution < 1.29 is 59.3 Å². The standard InChI is InChI=1S/C12H14O12.Ca/c13-3-4(14)8-9(7(18)10(19)24-8)23-6(17)2-12(22,11(20)21)1-5(15)16;/h4,8,13-14,18,22H,1-3H2,(H,15,16)(H,20,21);/q;+2/p-2/t4-,8+,12?;/m0./s1. The topological polar surface area (TPSA) is 214 Å². The maximum atomic E-state index is 11.7. The third-order valence-corrected chi connectivity index (χ3v) is 2.93. The maximum Gasteiger partial charge on any atom is 2.00 e. The molecule has 3 atom stereocenters. The number of carboxylic acid groups (broad SMARTS) is 2. The van der Waals surface area contributed by atoms with E-state index in [-0.39, 0.29) is 37.7 Å². The van der Waals surface area contributed by atoms with Gasteiger partial charge in [-0.3, -0.25) is 4.79 Å². The van der Waals surface area contributed by atoms with Crippen LogP contribution in [0.2, 0.25) is 0 Å². The summed E-state index contributed by atoms with van der Waals surface area (Å²) >= 11 is 0. The van der Waals surface area contributed by atoms with E-state index in [9.17, 15) is 44.7 Å². The summed E-state index contributed by atoms with van der Waals surface area (Å²) in [6.07, 6.45) is -6.46. The second-order valence-electron chi connectivity index (χ2n) is 4.81. The van der Waals surface area contributed by atoms with Crippen molar-refractivity contribution >= 4 is 61.6 Å². The van der Waals surface area contributed by atoms with Crippen LogP contribution in [0.15, 0.2) is 11.5 Å². The van der Waals surface area contributed by atoms with Gasteiger partial charge in [0.15, 0.2) is 6.10 Å². The number of aliphatic hydroxyl groups is 4. The molecule has 0 saturated carbocycles. The van der Waals surface area contributed by atoms with Gasteiger partial charge in [0.1, 0.15) is 11.7 Å². The molecule has 0 spiro atoms. The third-order valence-electron chi connectivity index (χ3n) is 2.93. The molecule has 12 nitrogen and oxygen atoms in total. The summed E-state index contributed by atoms with van der Waals surface area (Å²) in [7, 11) is 0. The zero-order valence-corrected chi connectivity index (χ0v) is 14.7. The summed E-state index contributed by atoms with van der Waals surface area (Å²) in [4.78, 5) is 44.1. The molecular weight excluding hydrogens is 376 g/mol. The Balaban J connectivity index is 0.00000576. The first-order chi connectivity index (χ1) is 11.0. The quantitative estimate of drug-likeness (QED) is 0.226. The van der Waals surface area contributed by atoms with Crippen molar-refractivity contribution in [3.8, 4) is 0 Å². The molecule has 0 aromatic carbocycles. The van der Waals surface area contributed by atoms with Gasteiger partial charge >= 0.3 is 49.7 Å². The molecule has 1 rings (SSSR count). The van der Waals surface area contributed by atoms with Crippen LogP contribution in [0.3, 0.4) is 0 Å². The summed E-state index contributed by atoms with van der Waals surface area (Å²) in [5, 5.41) is 58.4. The minimum absolute atomic E-state index is 0. The Bertz CT molecular complexity index is 599. The van der Waals surface area contributed by atoms with Crippen molar-refractivity contribution in [3.63, 3.8) is 0 Å². The Hall–Kier alpha value is -1.44. The summed E-state index contributed by atoms with van der Waals surface area (Å²) in [6, 6.07) is 0. The van der Waals surface area contributed by atoms with E-state index in [1.54, 1.807) is 0 Å². The number of cyclic esters (lactones) is 1. The van der Waals surface area contributed by atoms with Crippen molar-refractivity contribution in [1.82, 2.24) is 0 Å². The Morgan fingerprint density at radius 1 is 1.28 bits per heavy atom. The molecule has 1 aliphatic heterocycles. The molecular formula is C12H12CaO12. The van der Waals surface area contributed by atoms with Gasteiger partial charge in [0.25, 0.3) is 0 Å². The molecule has 0 fully saturated rings. The van der Waals surface area contributed by atoms with E-state index in [0.717, 1.165) is 0 Å². The fourth-order valence-corrected chi connectivity index (χ4v) is 1.76. The largest absolute Gasteiger partial charge is 2.00 e. The van der Waals surface area contributed by atoms with E-state index in [0.29, 0.717) is 0 Å². The molecule has 0 bridgehead atoms. The van der Waals surface area contributed by atoms with Crippen LogP contribution in [0.4, 0.5) is 0 Å². The van der Waals surface area contributed by atoms with Crippen LogP contribution in [-0.2, 0) is 28.7 Å². The number of esters is 2. The first kappa shape index (κ1) is 23.6. The van der Waals surface area contributed by atoms with Crippen LogP contribution in [-0.4, -0.2) is 106 Å². The van der Waals surface area contributed by atoms with E-state index in [1.165, 1.54) is 0 Å². The van der Waals surface area contributed by atoms with E-state index >= 15 is 0 Å². The van der Waals surface area contributed by atoms with E-state index in [2.05, 4.69) is 9.47 Å². The fourth-order valence-electron chi connectivity index (χ4n) is 1.76. The summed E-state index contributed by atoms with van der Waals surface area (Å²) in [6.45, 7) is -0.944. The normalized spacial score (nSPS) is 20.1. The van der Waals surface area contributed by atoms with Crippen LogP contribution in [0.25, 0.3) is 0 Å². The maximum absolute atomic E-state index is 11.7. The molecule has 0 radical (unpaired) electrons. The molecule has 1 aliphatic rings. The minimum atomic E-state index is -3.17. The van der Waals surface area contributed by atoms with Crippen LogP contribution in [0.5, 0.6) is 0 Å². The van der Waals surface area contributed by atoms with Crippen LogP contribution >= 0.6 is 0 Å². The van der Waals surface area contributed by atoms with Gasteiger partial charge in [0, 0.05) is 12.4 Å². The number of hydrogen-bond donors (Lipinski definition) is 4. The van der Waals surface area contributed by atoms with Crippen molar-refractivity contribution in [2.45, 2.75) is 30.7 Å². The Labute approximate surface area is 169 Å². The minimum Gasteiger partial charge on any atom is -0.550 e. The fraction of sp³-hybridized carbons (Fsp3) is 0.500. The molecule has 134 valence electrons. The smallest absolute Gasteiger partial charge is 0.550 e. The number of hydrogen-bond acceptors (Lipinski definition) is 12. The van der Waals surface area contributed by atoms with Crippen LogP contribution in [0, 0.1) is 0 Å². The predicted molar refractivity (Wildman–Crippen MR) is 68.7 cm³/mol. The van der Waals surface area contributed by atoms with E-state index in [1.807, 2.05) is 0 Å².